The van der Waals surface area contributed by atoms with Crippen LogP contribution in [0.15, 0.2) is 29.4 Å². The van der Waals surface area contributed by atoms with E-state index in [0.29, 0.717) is 48.6 Å². The zero-order chi connectivity index (χ0) is 18.8. The molecule has 0 bridgehead atoms. The number of hydrazone groups is 1. The van der Waals surface area contributed by atoms with Gasteiger partial charge >= 0.3 is 0 Å². The zero-order valence-corrected chi connectivity index (χ0v) is 15.8. The van der Waals surface area contributed by atoms with Crippen LogP contribution in [0.2, 0.25) is 0 Å². The summed E-state index contributed by atoms with van der Waals surface area (Å²) in [7, 11) is 0. The van der Waals surface area contributed by atoms with E-state index in [2.05, 4.69) is 22.7 Å². The van der Waals surface area contributed by atoms with Crippen LogP contribution < -0.4 is 19.6 Å². The van der Waals surface area contributed by atoms with Crippen molar-refractivity contribution >= 4 is 12.1 Å². The van der Waals surface area contributed by atoms with Crippen LogP contribution in [0.5, 0.6) is 17.2 Å². The number of carbonyl (C=O) groups is 1. The van der Waals surface area contributed by atoms with Gasteiger partial charge in [-0.25, -0.2) is 5.43 Å². The predicted molar refractivity (Wildman–Crippen MR) is 102 cm³/mol. The molecule has 0 fully saturated rings. The summed E-state index contributed by atoms with van der Waals surface area (Å²) in [5.74, 6) is 1.57. The number of benzene rings is 1. The number of amides is 1. The van der Waals surface area contributed by atoms with Crippen molar-refractivity contribution in [2.24, 2.45) is 11.0 Å². The second-order valence-corrected chi connectivity index (χ2v) is 5.86. The van der Waals surface area contributed by atoms with Gasteiger partial charge in [0.05, 0.1) is 19.8 Å². The van der Waals surface area contributed by atoms with Gasteiger partial charge in [-0.1, -0.05) is 12.2 Å². The summed E-state index contributed by atoms with van der Waals surface area (Å²) in [4.78, 5) is 12.5. The largest absolute Gasteiger partial charge is 0.490 e. The molecular formula is C20H28N2O4. The van der Waals surface area contributed by atoms with Crippen molar-refractivity contribution in [2.75, 3.05) is 19.8 Å². The van der Waals surface area contributed by atoms with E-state index in [-0.39, 0.29) is 5.91 Å². The fraction of sp³-hybridized carbons (Fsp3) is 0.500. The third-order valence-corrected chi connectivity index (χ3v) is 3.93. The van der Waals surface area contributed by atoms with E-state index in [1.165, 1.54) is 0 Å². The van der Waals surface area contributed by atoms with Crippen molar-refractivity contribution in [3.05, 3.63) is 29.8 Å². The van der Waals surface area contributed by atoms with Crippen molar-refractivity contribution in [3.8, 4) is 17.2 Å². The molecule has 1 N–H and O–H groups in total. The fourth-order valence-corrected chi connectivity index (χ4v) is 2.74. The Kier molecular flexibility index (Phi) is 7.99. The summed E-state index contributed by atoms with van der Waals surface area (Å²) in [5, 5.41) is 4.11. The highest BCUT2D eigenvalue weighted by Gasteiger charge is 2.18. The molecule has 6 heteroatoms. The smallest absolute Gasteiger partial charge is 0.271 e. The van der Waals surface area contributed by atoms with Gasteiger partial charge in [0.25, 0.3) is 5.91 Å². The molecule has 0 aliphatic heterocycles. The Morgan fingerprint density at radius 3 is 2.31 bits per heavy atom. The summed E-state index contributed by atoms with van der Waals surface area (Å²) in [6, 6.07) is 3.32. The molecular weight excluding hydrogens is 332 g/mol. The standard InChI is InChI=1S/C20H28N2O4/c1-4-24-17-12-16(13-18(25-5-2)19(17)26-6-3)20(23)22-21-14-15-10-8-7-9-11-15/h7-8,12-15H,4-6,9-11H2,1-3H3,(H,22,23)/b21-14-/t15-/m1/s1. The molecule has 1 aliphatic rings. The number of carbonyl (C=O) groups excluding carboxylic acids is 1. The highest BCUT2D eigenvalue weighted by molar-refractivity contribution is 5.95. The van der Waals surface area contributed by atoms with Crippen LogP contribution in [0.25, 0.3) is 0 Å². The van der Waals surface area contributed by atoms with Gasteiger partial charge in [-0.3, -0.25) is 4.79 Å². The topological polar surface area (TPSA) is 69.2 Å². The highest BCUT2D eigenvalue weighted by Crippen LogP contribution is 2.39. The van der Waals surface area contributed by atoms with Crippen LogP contribution in [0.1, 0.15) is 50.4 Å². The van der Waals surface area contributed by atoms with E-state index in [0.717, 1.165) is 19.3 Å². The Balaban J connectivity index is 2.16. The number of ether oxygens (including phenoxy) is 3. The Hall–Kier alpha value is -2.50. The number of hydrogen-bond donors (Lipinski definition) is 1. The molecule has 0 radical (unpaired) electrons. The van der Waals surface area contributed by atoms with Crippen LogP contribution in [-0.4, -0.2) is 31.9 Å². The summed E-state index contributed by atoms with van der Waals surface area (Å²) in [6.45, 7) is 7.05. The van der Waals surface area contributed by atoms with E-state index < -0.39 is 0 Å². The van der Waals surface area contributed by atoms with E-state index in [1.54, 1.807) is 12.1 Å². The minimum absolute atomic E-state index is 0.308. The molecule has 1 aromatic rings. The van der Waals surface area contributed by atoms with Gasteiger partial charge in [0.1, 0.15) is 0 Å². The van der Waals surface area contributed by atoms with E-state index in [4.69, 9.17) is 14.2 Å². The Morgan fingerprint density at radius 1 is 1.12 bits per heavy atom. The molecule has 0 heterocycles. The predicted octanol–water partition coefficient (Wildman–Crippen LogP) is 3.95. The van der Waals surface area contributed by atoms with Crippen LogP contribution in [-0.2, 0) is 0 Å². The van der Waals surface area contributed by atoms with Crippen molar-refractivity contribution < 1.29 is 19.0 Å². The first-order valence-corrected chi connectivity index (χ1v) is 9.24. The van der Waals surface area contributed by atoms with Crippen molar-refractivity contribution in [1.82, 2.24) is 5.43 Å². The molecule has 6 nitrogen and oxygen atoms in total. The highest BCUT2D eigenvalue weighted by atomic mass is 16.5. The second kappa shape index (κ2) is 10.5. The summed E-state index contributed by atoms with van der Waals surface area (Å²) in [6.07, 6.45) is 9.21. The fourth-order valence-electron chi connectivity index (χ4n) is 2.74. The van der Waals surface area contributed by atoms with Gasteiger partial charge in [0, 0.05) is 11.8 Å². The van der Waals surface area contributed by atoms with Gasteiger partial charge in [-0.2, -0.15) is 5.10 Å². The number of nitrogens with zero attached hydrogens (tertiary/aromatic N) is 1. The third kappa shape index (κ3) is 5.51. The van der Waals surface area contributed by atoms with Gasteiger partial charge in [-0.05, 0) is 58.1 Å². The minimum atomic E-state index is -0.308. The van der Waals surface area contributed by atoms with E-state index in [9.17, 15) is 4.79 Å². The number of hydrogen-bond acceptors (Lipinski definition) is 5. The minimum Gasteiger partial charge on any atom is -0.490 e. The number of nitrogens with one attached hydrogen (secondary N) is 1. The summed E-state index contributed by atoms with van der Waals surface area (Å²) < 4.78 is 16.9. The first-order valence-electron chi connectivity index (χ1n) is 9.24. The molecule has 0 spiro atoms. The molecule has 1 atom stereocenters. The maximum Gasteiger partial charge on any atom is 0.271 e. The maximum absolute atomic E-state index is 12.5. The normalized spacial score (nSPS) is 16.5. The lowest BCUT2D eigenvalue weighted by Gasteiger charge is -2.16. The van der Waals surface area contributed by atoms with Crippen molar-refractivity contribution in [3.63, 3.8) is 0 Å². The Bertz CT molecular complexity index is 628. The average molecular weight is 360 g/mol. The molecule has 26 heavy (non-hydrogen) atoms. The van der Waals surface area contributed by atoms with Gasteiger partial charge in [-0.15, -0.1) is 0 Å². The van der Waals surface area contributed by atoms with Crippen LogP contribution >= 0.6 is 0 Å². The molecule has 142 valence electrons. The Morgan fingerprint density at radius 2 is 1.77 bits per heavy atom. The lowest BCUT2D eigenvalue weighted by Crippen LogP contribution is -2.19. The summed E-state index contributed by atoms with van der Waals surface area (Å²) in [5.41, 5.74) is 3.01. The molecule has 2 rings (SSSR count). The molecule has 0 unspecified atom stereocenters. The lowest BCUT2D eigenvalue weighted by atomic mass is 9.96. The zero-order valence-electron chi connectivity index (χ0n) is 15.8. The molecule has 0 saturated carbocycles. The van der Waals surface area contributed by atoms with Crippen LogP contribution in [0, 0.1) is 5.92 Å². The van der Waals surface area contributed by atoms with Crippen molar-refractivity contribution in [2.45, 2.75) is 40.0 Å². The van der Waals surface area contributed by atoms with Crippen LogP contribution in [0.3, 0.4) is 0 Å². The molecule has 1 amide bonds. The average Bonchev–Trinajstić information content (AvgIpc) is 2.65. The lowest BCUT2D eigenvalue weighted by molar-refractivity contribution is 0.0953. The third-order valence-electron chi connectivity index (χ3n) is 3.93. The maximum atomic E-state index is 12.5. The number of rotatable bonds is 9. The van der Waals surface area contributed by atoms with E-state index in [1.807, 2.05) is 27.0 Å². The van der Waals surface area contributed by atoms with Crippen molar-refractivity contribution in [1.29, 1.82) is 0 Å². The number of allylic oxidation sites excluding steroid dienone is 2. The van der Waals surface area contributed by atoms with Gasteiger partial charge < -0.3 is 14.2 Å². The first kappa shape index (κ1) is 19.8. The quantitative estimate of drug-likeness (QED) is 0.411. The van der Waals surface area contributed by atoms with Gasteiger partial charge in [0.15, 0.2) is 11.5 Å². The molecule has 1 aliphatic carbocycles. The SMILES string of the molecule is CCOc1cc(C(=O)N/N=C\[C@@H]2CC=CCC2)cc(OCC)c1OCC. The molecule has 1 aromatic carbocycles. The summed E-state index contributed by atoms with van der Waals surface area (Å²) >= 11 is 0. The Labute approximate surface area is 155 Å². The second-order valence-electron chi connectivity index (χ2n) is 5.86. The van der Waals surface area contributed by atoms with E-state index >= 15 is 0 Å². The molecule has 0 saturated heterocycles. The van der Waals surface area contributed by atoms with Gasteiger partial charge in [0.2, 0.25) is 5.75 Å². The monoisotopic (exact) mass is 360 g/mol. The molecule has 0 aromatic heterocycles. The van der Waals surface area contributed by atoms with Crippen LogP contribution in [0.4, 0.5) is 0 Å². The first-order chi connectivity index (χ1) is 12.7.